The molecule has 0 saturated carbocycles. The highest BCUT2D eigenvalue weighted by Gasteiger charge is 2.35. The molecule has 5 nitrogen and oxygen atoms in total. The lowest BCUT2D eigenvalue weighted by atomic mass is 10.0. The van der Waals surface area contributed by atoms with Gasteiger partial charge in [-0.3, -0.25) is 4.79 Å². The van der Waals surface area contributed by atoms with Crippen LogP contribution in [0.4, 0.5) is 0 Å². The molecule has 0 radical (unpaired) electrons. The third kappa shape index (κ3) is 3.36. The third-order valence-electron chi connectivity index (χ3n) is 3.36. The summed E-state index contributed by atoms with van der Waals surface area (Å²) in [6.45, 7) is 4.56. The van der Waals surface area contributed by atoms with Crippen molar-refractivity contribution in [2.45, 2.75) is 32.2 Å². The van der Waals surface area contributed by atoms with Crippen LogP contribution in [0.25, 0.3) is 0 Å². The fourth-order valence-corrected chi connectivity index (χ4v) is 2.48. The number of hydrogen-bond donors (Lipinski definition) is 2. The van der Waals surface area contributed by atoms with Crippen LogP contribution in [0, 0.1) is 0 Å². The van der Waals surface area contributed by atoms with Gasteiger partial charge < -0.3 is 19.8 Å². The molecule has 2 N–H and O–H groups in total. The second kappa shape index (κ2) is 5.91. The van der Waals surface area contributed by atoms with E-state index in [4.69, 9.17) is 9.84 Å². The zero-order valence-corrected chi connectivity index (χ0v) is 11.9. The van der Waals surface area contributed by atoms with Crippen LogP contribution in [0.1, 0.15) is 29.8 Å². The maximum Gasteiger partial charge on any atom is 0.254 e. The minimum Gasteiger partial charge on any atom is -0.394 e. The molecule has 0 bridgehead atoms. The molecule has 2 rings (SSSR count). The number of morpholine rings is 1. The molecule has 0 aliphatic carbocycles. The predicted molar refractivity (Wildman–Crippen MR) is 74.3 cm³/mol. The first-order chi connectivity index (χ1) is 9.45. The Morgan fingerprint density at radius 3 is 2.55 bits per heavy atom. The predicted octanol–water partition coefficient (Wildman–Crippen LogP) is 0.791. The van der Waals surface area contributed by atoms with E-state index in [0.717, 1.165) is 5.56 Å². The number of aliphatic hydroxyl groups is 2. The van der Waals surface area contributed by atoms with Crippen LogP contribution in [-0.4, -0.2) is 52.4 Å². The molecule has 110 valence electrons. The maximum absolute atomic E-state index is 12.5. The summed E-state index contributed by atoms with van der Waals surface area (Å²) in [6.07, 6.45) is -0.348. The Bertz CT molecular complexity index is 469. The van der Waals surface area contributed by atoms with Crippen molar-refractivity contribution in [3.05, 3.63) is 35.4 Å². The molecule has 1 heterocycles. The second-order valence-electron chi connectivity index (χ2n) is 5.72. The molecule has 1 aromatic rings. The van der Waals surface area contributed by atoms with E-state index in [2.05, 4.69) is 0 Å². The van der Waals surface area contributed by atoms with Gasteiger partial charge in [0.1, 0.15) is 0 Å². The zero-order chi connectivity index (χ0) is 14.8. The van der Waals surface area contributed by atoms with Crippen LogP contribution in [0.2, 0.25) is 0 Å². The quantitative estimate of drug-likeness (QED) is 0.858. The van der Waals surface area contributed by atoms with Crippen molar-refractivity contribution in [2.75, 3.05) is 19.7 Å². The summed E-state index contributed by atoms with van der Waals surface area (Å²) >= 11 is 0. The van der Waals surface area contributed by atoms with Gasteiger partial charge >= 0.3 is 0 Å². The zero-order valence-electron chi connectivity index (χ0n) is 11.9. The van der Waals surface area contributed by atoms with E-state index < -0.39 is 5.60 Å². The molecule has 20 heavy (non-hydrogen) atoms. The van der Waals surface area contributed by atoms with E-state index in [1.807, 2.05) is 13.8 Å². The molecule has 1 aliphatic heterocycles. The molecule has 1 atom stereocenters. The van der Waals surface area contributed by atoms with Gasteiger partial charge in [0.15, 0.2) is 0 Å². The Kier molecular flexibility index (Phi) is 4.42. The van der Waals surface area contributed by atoms with Crippen molar-refractivity contribution < 1.29 is 19.7 Å². The summed E-state index contributed by atoms with van der Waals surface area (Å²) < 4.78 is 5.70. The van der Waals surface area contributed by atoms with Crippen LogP contribution in [-0.2, 0) is 11.3 Å². The van der Waals surface area contributed by atoms with Gasteiger partial charge in [0.2, 0.25) is 0 Å². The molecule has 0 spiro atoms. The highest BCUT2D eigenvalue weighted by atomic mass is 16.5. The fourth-order valence-electron chi connectivity index (χ4n) is 2.48. The Morgan fingerprint density at radius 1 is 1.35 bits per heavy atom. The summed E-state index contributed by atoms with van der Waals surface area (Å²) in [5, 5.41) is 18.3. The average molecular weight is 279 g/mol. The number of nitrogens with zero attached hydrogens (tertiary/aromatic N) is 1. The van der Waals surface area contributed by atoms with Gasteiger partial charge in [-0.15, -0.1) is 0 Å². The maximum atomic E-state index is 12.5. The smallest absolute Gasteiger partial charge is 0.254 e. The molecule has 5 heteroatoms. The van der Waals surface area contributed by atoms with E-state index >= 15 is 0 Å². The summed E-state index contributed by atoms with van der Waals surface area (Å²) in [6, 6.07) is 6.90. The molecule has 1 unspecified atom stereocenters. The highest BCUT2D eigenvalue weighted by molar-refractivity contribution is 5.94. The SMILES string of the molecule is CC1(C)CN(C(=O)c2ccc(CO)cc2)CC(CO)O1. The van der Waals surface area contributed by atoms with Crippen LogP contribution < -0.4 is 0 Å². The van der Waals surface area contributed by atoms with Crippen molar-refractivity contribution in [1.82, 2.24) is 4.90 Å². The summed E-state index contributed by atoms with van der Waals surface area (Å²) in [5.41, 5.74) is 0.889. The van der Waals surface area contributed by atoms with Crippen molar-refractivity contribution in [2.24, 2.45) is 0 Å². The number of amides is 1. The lowest BCUT2D eigenvalue weighted by Gasteiger charge is -2.42. The Balaban J connectivity index is 2.14. The minimum atomic E-state index is -0.466. The Morgan fingerprint density at radius 2 is 2.00 bits per heavy atom. The molecule has 1 saturated heterocycles. The van der Waals surface area contributed by atoms with Gasteiger partial charge in [0.05, 0.1) is 24.9 Å². The van der Waals surface area contributed by atoms with Crippen molar-refractivity contribution in [3.63, 3.8) is 0 Å². The number of hydrogen-bond acceptors (Lipinski definition) is 4. The average Bonchev–Trinajstić information content (AvgIpc) is 2.44. The van der Waals surface area contributed by atoms with Crippen molar-refractivity contribution in [1.29, 1.82) is 0 Å². The molecule has 0 aromatic heterocycles. The molecule has 1 amide bonds. The van der Waals surface area contributed by atoms with E-state index in [1.165, 1.54) is 0 Å². The van der Waals surface area contributed by atoms with E-state index in [0.29, 0.717) is 18.7 Å². The third-order valence-corrected chi connectivity index (χ3v) is 3.36. The monoisotopic (exact) mass is 279 g/mol. The normalized spacial score (nSPS) is 21.8. The number of benzene rings is 1. The largest absolute Gasteiger partial charge is 0.394 e. The topological polar surface area (TPSA) is 70.0 Å². The number of rotatable bonds is 3. The highest BCUT2D eigenvalue weighted by Crippen LogP contribution is 2.22. The number of carbonyl (C=O) groups excluding carboxylic acids is 1. The van der Waals surface area contributed by atoms with Gasteiger partial charge in [-0.05, 0) is 31.5 Å². The lowest BCUT2D eigenvalue weighted by molar-refractivity contribution is -0.139. The van der Waals surface area contributed by atoms with Gasteiger partial charge in [-0.25, -0.2) is 0 Å². The fraction of sp³-hybridized carbons (Fsp3) is 0.533. The summed E-state index contributed by atoms with van der Waals surface area (Å²) in [5.74, 6) is -0.0793. The molecule has 1 fully saturated rings. The van der Waals surface area contributed by atoms with Crippen LogP contribution in [0.3, 0.4) is 0 Å². The first-order valence-corrected chi connectivity index (χ1v) is 6.73. The van der Waals surface area contributed by atoms with Gasteiger partial charge in [-0.1, -0.05) is 12.1 Å². The lowest BCUT2D eigenvalue weighted by Crippen LogP contribution is -2.55. The molecular weight excluding hydrogens is 258 g/mol. The standard InChI is InChI=1S/C15H21NO4/c1-15(2)10-16(7-13(9-18)20-15)14(19)12-5-3-11(8-17)4-6-12/h3-6,13,17-18H,7-10H2,1-2H3. The molecule has 1 aromatic carbocycles. The summed E-state index contributed by atoms with van der Waals surface area (Å²) in [4.78, 5) is 14.2. The van der Waals surface area contributed by atoms with Gasteiger partial charge in [-0.2, -0.15) is 0 Å². The first kappa shape index (κ1) is 15.0. The number of ether oxygens (including phenoxy) is 1. The second-order valence-corrected chi connectivity index (χ2v) is 5.72. The van der Waals surface area contributed by atoms with Crippen LogP contribution in [0.15, 0.2) is 24.3 Å². The summed E-state index contributed by atoms with van der Waals surface area (Å²) in [7, 11) is 0. The minimum absolute atomic E-state index is 0.0361. The van der Waals surface area contributed by atoms with E-state index in [-0.39, 0.29) is 25.2 Å². The Labute approximate surface area is 118 Å². The van der Waals surface area contributed by atoms with Crippen molar-refractivity contribution >= 4 is 5.91 Å². The number of aliphatic hydroxyl groups excluding tert-OH is 2. The van der Waals surface area contributed by atoms with E-state index in [1.54, 1.807) is 29.2 Å². The number of carbonyl (C=O) groups is 1. The van der Waals surface area contributed by atoms with Gasteiger partial charge in [0, 0.05) is 18.7 Å². The van der Waals surface area contributed by atoms with Crippen LogP contribution >= 0.6 is 0 Å². The Hall–Kier alpha value is -1.43. The molecule has 1 aliphatic rings. The van der Waals surface area contributed by atoms with Crippen LogP contribution in [0.5, 0.6) is 0 Å². The first-order valence-electron chi connectivity index (χ1n) is 6.73. The van der Waals surface area contributed by atoms with Crippen molar-refractivity contribution in [3.8, 4) is 0 Å². The molecular formula is C15H21NO4. The van der Waals surface area contributed by atoms with Gasteiger partial charge in [0.25, 0.3) is 5.91 Å². The van der Waals surface area contributed by atoms with E-state index in [9.17, 15) is 9.90 Å².